The number of carbonyl (C=O) groups is 1. The predicted octanol–water partition coefficient (Wildman–Crippen LogP) is 3.87. The zero-order chi connectivity index (χ0) is 13.7. The van der Waals surface area contributed by atoms with Crippen LogP contribution in [0.5, 0.6) is 0 Å². The van der Waals surface area contributed by atoms with Crippen molar-refractivity contribution >= 4 is 21.8 Å². The summed E-state index contributed by atoms with van der Waals surface area (Å²) in [5.74, 6) is 0.0365. The smallest absolute Gasteiger partial charge is 0.224 e. The Kier molecular flexibility index (Phi) is 4.74. The molecule has 2 rings (SSSR count). The van der Waals surface area contributed by atoms with Crippen molar-refractivity contribution in [1.29, 1.82) is 0 Å². The summed E-state index contributed by atoms with van der Waals surface area (Å²) in [7, 11) is 0. The van der Waals surface area contributed by atoms with Gasteiger partial charge in [-0.1, -0.05) is 64.5 Å². The summed E-state index contributed by atoms with van der Waals surface area (Å²) in [4.78, 5) is 12.0. The number of rotatable bonds is 4. The predicted molar refractivity (Wildman–Crippen MR) is 80.8 cm³/mol. The van der Waals surface area contributed by atoms with Gasteiger partial charge in [0.15, 0.2) is 0 Å². The third-order valence-corrected chi connectivity index (χ3v) is 3.68. The minimum Gasteiger partial charge on any atom is -0.349 e. The number of amides is 1. The van der Waals surface area contributed by atoms with Gasteiger partial charge in [-0.2, -0.15) is 0 Å². The van der Waals surface area contributed by atoms with E-state index in [0.29, 0.717) is 6.42 Å². The van der Waals surface area contributed by atoms with E-state index < -0.39 is 0 Å². The SMILES string of the molecule is C[C@@H](NC(=O)Cc1ccccc1)c1ccccc1Br. The molecule has 0 fully saturated rings. The maximum Gasteiger partial charge on any atom is 0.224 e. The number of benzene rings is 2. The van der Waals surface area contributed by atoms with E-state index in [1.54, 1.807) is 0 Å². The summed E-state index contributed by atoms with van der Waals surface area (Å²) < 4.78 is 1.02. The van der Waals surface area contributed by atoms with Crippen LogP contribution in [0.3, 0.4) is 0 Å². The van der Waals surface area contributed by atoms with Crippen molar-refractivity contribution in [2.24, 2.45) is 0 Å². The van der Waals surface area contributed by atoms with Gasteiger partial charge in [-0.05, 0) is 24.1 Å². The maximum absolute atomic E-state index is 12.0. The Morgan fingerprint density at radius 2 is 1.74 bits per heavy atom. The minimum atomic E-state index is -0.00760. The van der Waals surface area contributed by atoms with Gasteiger partial charge >= 0.3 is 0 Å². The Balaban J connectivity index is 1.98. The lowest BCUT2D eigenvalue weighted by Gasteiger charge is -2.15. The molecule has 2 nitrogen and oxygen atoms in total. The second-order valence-corrected chi connectivity index (χ2v) is 5.33. The Labute approximate surface area is 122 Å². The second-order valence-electron chi connectivity index (χ2n) is 4.47. The van der Waals surface area contributed by atoms with Crippen LogP contribution < -0.4 is 5.32 Å². The van der Waals surface area contributed by atoms with E-state index >= 15 is 0 Å². The van der Waals surface area contributed by atoms with Crippen LogP contribution in [0.15, 0.2) is 59.1 Å². The maximum atomic E-state index is 12.0. The van der Waals surface area contributed by atoms with Gasteiger partial charge in [-0.25, -0.2) is 0 Å². The number of carbonyl (C=O) groups excluding carboxylic acids is 1. The van der Waals surface area contributed by atoms with Gasteiger partial charge in [0.25, 0.3) is 0 Å². The summed E-state index contributed by atoms with van der Waals surface area (Å²) in [6.45, 7) is 1.99. The molecule has 0 unspecified atom stereocenters. The molecule has 2 aromatic carbocycles. The fourth-order valence-electron chi connectivity index (χ4n) is 1.98. The molecule has 1 atom stereocenters. The van der Waals surface area contributed by atoms with Gasteiger partial charge in [0.05, 0.1) is 12.5 Å². The van der Waals surface area contributed by atoms with Crippen molar-refractivity contribution in [2.45, 2.75) is 19.4 Å². The van der Waals surface area contributed by atoms with Gasteiger partial charge in [-0.3, -0.25) is 4.79 Å². The van der Waals surface area contributed by atoms with Crippen molar-refractivity contribution in [1.82, 2.24) is 5.32 Å². The number of hydrogen-bond acceptors (Lipinski definition) is 1. The summed E-state index contributed by atoms with van der Waals surface area (Å²) in [5, 5.41) is 3.02. The van der Waals surface area contributed by atoms with E-state index in [0.717, 1.165) is 15.6 Å². The molecule has 2 aromatic rings. The molecule has 1 amide bonds. The van der Waals surface area contributed by atoms with Crippen molar-refractivity contribution in [3.63, 3.8) is 0 Å². The van der Waals surface area contributed by atoms with Crippen LogP contribution in [0.25, 0.3) is 0 Å². The lowest BCUT2D eigenvalue weighted by molar-refractivity contribution is -0.121. The van der Waals surface area contributed by atoms with Crippen molar-refractivity contribution in [3.05, 3.63) is 70.2 Å². The fraction of sp³-hybridized carbons (Fsp3) is 0.188. The molecule has 0 radical (unpaired) electrons. The molecule has 0 aromatic heterocycles. The summed E-state index contributed by atoms with van der Waals surface area (Å²) >= 11 is 3.50. The summed E-state index contributed by atoms with van der Waals surface area (Å²) in [6, 6.07) is 17.7. The molecule has 1 N–H and O–H groups in total. The molecule has 98 valence electrons. The zero-order valence-corrected chi connectivity index (χ0v) is 12.4. The van der Waals surface area contributed by atoms with E-state index in [1.165, 1.54) is 0 Å². The molecule has 3 heteroatoms. The molecule has 0 aliphatic carbocycles. The van der Waals surface area contributed by atoms with Crippen LogP contribution in [0.2, 0.25) is 0 Å². The normalized spacial score (nSPS) is 11.9. The standard InChI is InChI=1S/C16H16BrNO/c1-12(14-9-5-6-10-15(14)17)18-16(19)11-13-7-3-2-4-8-13/h2-10,12H,11H2,1H3,(H,18,19)/t12-/m1/s1. The first-order chi connectivity index (χ1) is 9.16. The highest BCUT2D eigenvalue weighted by Gasteiger charge is 2.12. The molecule has 0 spiro atoms. The Bertz CT molecular complexity index is 554. The molecule has 0 heterocycles. The van der Waals surface area contributed by atoms with Crippen molar-refractivity contribution in [3.8, 4) is 0 Å². The van der Waals surface area contributed by atoms with E-state index in [4.69, 9.17) is 0 Å². The fourth-order valence-corrected chi connectivity index (χ4v) is 2.61. The van der Waals surface area contributed by atoms with Crippen molar-refractivity contribution < 1.29 is 4.79 Å². The third kappa shape index (κ3) is 3.93. The van der Waals surface area contributed by atoms with Gasteiger partial charge in [0.1, 0.15) is 0 Å². The highest BCUT2D eigenvalue weighted by molar-refractivity contribution is 9.10. The van der Waals surface area contributed by atoms with Crippen molar-refractivity contribution in [2.75, 3.05) is 0 Å². The monoisotopic (exact) mass is 317 g/mol. The number of nitrogens with one attached hydrogen (secondary N) is 1. The highest BCUT2D eigenvalue weighted by atomic mass is 79.9. The first kappa shape index (κ1) is 13.8. The molecular weight excluding hydrogens is 302 g/mol. The Hall–Kier alpha value is -1.61. The van der Waals surface area contributed by atoms with Gasteiger partial charge in [-0.15, -0.1) is 0 Å². The first-order valence-electron chi connectivity index (χ1n) is 6.24. The molecule has 0 saturated carbocycles. The van der Waals surface area contributed by atoms with E-state index in [2.05, 4.69) is 21.2 Å². The lowest BCUT2D eigenvalue weighted by atomic mass is 10.1. The lowest BCUT2D eigenvalue weighted by Crippen LogP contribution is -2.28. The molecule has 19 heavy (non-hydrogen) atoms. The molecule has 0 bridgehead atoms. The first-order valence-corrected chi connectivity index (χ1v) is 7.04. The largest absolute Gasteiger partial charge is 0.349 e. The molecule has 0 aliphatic rings. The van der Waals surface area contributed by atoms with Crippen LogP contribution in [0.4, 0.5) is 0 Å². The van der Waals surface area contributed by atoms with Gasteiger partial charge in [0.2, 0.25) is 5.91 Å². The van der Waals surface area contributed by atoms with Crippen LogP contribution >= 0.6 is 15.9 Å². The number of hydrogen-bond donors (Lipinski definition) is 1. The molecule has 0 saturated heterocycles. The van der Waals surface area contributed by atoms with Crippen LogP contribution in [-0.4, -0.2) is 5.91 Å². The van der Waals surface area contributed by atoms with E-state index in [1.807, 2.05) is 61.5 Å². The average Bonchev–Trinajstić information content (AvgIpc) is 2.40. The van der Waals surface area contributed by atoms with Gasteiger partial charge in [0, 0.05) is 4.47 Å². The second kappa shape index (κ2) is 6.53. The Morgan fingerprint density at radius 1 is 1.11 bits per heavy atom. The zero-order valence-electron chi connectivity index (χ0n) is 10.8. The van der Waals surface area contributed by atoms with Crippen LogP contribution in [0.1, 0.15) is 24.1 Å². The third-order valence-electron chi connectivity index (χ3n) is 2.96. The average molecular weight is 318 g/mol. The Morgan fingerprint density at radius 3 is 2.42 bits per heavy atom. The summed E-state index contributed by atoms with van der Waals surface area (Å²) in [6.07, 6.45) is 0.412. The minimum absolute atomic E-state index is 0.00760. The molecular formula is C16H16BrNO. The summed E-state index contributed by atoms with van der Waals surface area (Å²) in [5.41, 5.74) is 2.11. The molecule has 0 aliphatic heterocycles. The topological polar surface area (TPSA) is 29.1 Å². The quantitative estimate of drug-likeness (QED) is 0.911. The van der Waals surface area contributed by atoms with E-state index in [-0.39, 0.29) is 11.9 Å². The van der Waals surface area contributed by atoms with Gasteiger partial charge < -0.3 is 5.32 Å². The van der Waals surface area contributed by atoms with Crippen LogP contribution in [-0.2, 0) is 11.2 Å². The highest BCUT2D eigenvalue weighted by Crippen LogP contribution is 2.22. The van der Waals surface area contributed by atoms with Crippen LogP contribution in [0, 0.1) is 0 Å². The van der Waals surface area contributed by atoms with E-state index in [9.17, 15) is 4.79 Å². The number of halogens is 1.